The van der Waals surface area contributed by atoms with Crippen LogP contribution in [0.15, 0.2) is 157 Å². The second-order valence-corrected chi connectivity index (χ2v) is 12.0. The van der Waals surface area contributed by atoms with E-state index in [1.807, 2.05) is 91.0 Å². The van der Waals surface area contributed by atoms with Crippen LogP contribution in [0.25, 0.3) is 0 Å². The summed E-state index contributed by atoms with van der Waals surface area (Å²) < 4.78 is 33.7. The number of aryl methyl sites for hydroxylation is 1. The van der Waals surface area contributed by atoms with E-state index in [0.717, 1.165) is 45.6 Å². The van der Waals surface area contributed by atoms with Gasteiger partial charge in [-0.05, 0) is 52.0 Å². The van der Waals surface area contributed by atoms with Crippen LogP contribution in [0.4, 0.5) is 0 Å². The molecule has 5 aromatic carbocycles. The highest BCUT2D eigenvalue weighted by atomic mass is 16.6. The number of hydrogen-bond donors (Lipinski definition) is 0. The molecule has 0 bridgehead atoms. The molecule has 48 heavy (non-hydrogen) atoms. The first-order valence-corrected chi connectivity index (χ1v) is 16.8. The average Bonchev–Trinajstić information content (AvgIpc) is 3.15. The van der Waals surface area contributed by atoms with E-state index >= 15 is 0 Å². The molecule has 0 unspecified atom stereocenters. The van der Waals surface area contributed by atoms with E-state index in [0.29, 0.717) is 33.0 Å². The van der Waals surface area contributed by atoms with Gasteiger partial charge in [0.05, 0.1) is 33.0 Å². The Balaban J connectivity index is 1.36. The van der Waals surface area contributed by atoms with Crippen molar-refractivity contribution in [1.29, 1.82) is 0 Å². The third-order valence-electron chi connectivity index (χ3n) is 8.53. The molecule has 0 amide bonds. The lowest BCUT2D eigenvalue weighted by atomic mass is 9.88. The molecule has 6 rings (SSSR count). The van der Waals surface area contributed by atoms with E-state index < -0.39 is 24.4 Å². The zero-order valence-corrected chi connectivity index (χ0v) is 27.5. The third-order valence-corrected chi connectivity index (χ3v) is 8.53. The molecule has 4 atom stereocenters. The molecule has 0 N–H and O–H groups in total. The van der Waals surface area contributed by atoms with Crippen molar-refractivity contribution in [2.24, 2.45) is 0 Å². The van der Waals surface area contributed by atoms with Crippen molar-refractivity contribution in [1.82, 2.24) is 0 Å². The van der Waals surface area contributed by atoms with Crippen molar-refractivity contribution in [2.45, 2.75) is 64.2 Å². The van der Waals surface area contributed by atoms with Gasteiger partial charge < -0.3 is 23.7 Å². The quantitative estimate of drug-likeness (QED) is 0.101. The van der Waals surface area contributed by atoms with E-state index in [2.05, 4.69) is 67.6 Å². The molecule has 0 saturated heterocycles. The van der Waals surface area contributed by atoms with Gasteiger partial charge >= 0.3 is 0 Å². The van der Waals surface area contributed by atoms with Crippen molar-refractivity contribution >= 4 is 0 Å². The van der Waals surface area contributed by atoms with Crippen LogP contribution in [0, 0.1) is 0 Å². The van der Waals surface area contributed by atoms with E-state index in [1.54, 1.807) is 0 Å². The smallest absolute Gasteiger partial charge is 0.146 e. The fourth-order valence-corrected chi connectivity index (χ4v) is 5.99. The topological polar surface area (TPSA) is 46.2 Å². The van der Waals surface area contributed by atoms with Gasteiger partial charge in [0.2, 0.25) is 0 Å². The van der Waals surface area contributed by atoms with E-state index in [-0.39, 0.29) is 0 Å². The molecule has 246 valence electrons. The largest absolute Gasteiger partial charge is 0.483 e. The SMILES string of the molecule is CCc1ccccc1O[C@@H]1C=C(COCc2ccccc2)[C@@H](OCc2ccccc2)[C@H](OCc2ccccc2)[C@H]1OCc1ccccc1. The van der Waals surface area contributed by atoms with Gasteiger partial charge in [-0.25, -0.2) is 0 Å². The molecule has 1 aliphatic carbocycles. The summed E-state index contributed by atoms with van der Waals surface area (Å²) in [5.74, 6) is 0.838. The highest BCUT2D eigenvalue weighted by molar-refractivity contribution is 5.35. The predicted molar refractivity (Wildman–Crippen MR) is 189 cm³/mol. The molecule has 0 aliphatic heterocycles. The Morgan fingerprint density at radius 3 is 1.46 bits per heavy atom. The normalized spacial score (nSPS) is 19.1. The van der Waals surface area contributed by atoms with Crippen molar-refractivity contribution in [2.75, 3.05) is 6.61 Å². The summed E-state index contributed by atoms with van der Waals surface area (Å²) in [6, 6.07) is 49.1. The maximum atomic E-state index is 6.87. The van der Waals surface area contributed by atoms with Crippen LogP contribution in [0.1, 0.15) is 34.7 Å². The van der Waals surface area contributed by atoms with E-state index in [4.69, 9.17) is 23.7 Å². The Kier molecular flexibility index (Phi) is 12.2. The summed E-state index contributed by atoms with van der Waals surface area (Å²) >= 11 is 0. The first-order valence-electron chi connectivity index (χ1n) is 16.8. The Labute approximate surface area is 284 Å². The monoisotopic (exact) mass is 640 g/mol. The fraction of sp³-hybridized carbons (Fsp3) is 0.256. The van der Waals surface area contributed by atoms with E-state index in [9.17, 15) is 0 Å². The summed E-state index contributed by atoms with van der Waals surface area (Å²) in [5, 5.41) is 0. The Bertz CT molecular complexity index is 1670. The van der Waals surface area contributed by atoms with Gasteiger partial charge in [0.15, 0.2) is 0 Å². The average molecular weight is 641 g/mol. The summed E-state index contributed by atoms with van der Waals surface area (Å²) in [7, 11) is 0. The van der Waals surface area contributed by atoms with Gasteiger partial charge in [0, 0.05) is 0 Å². The molecule has 5 aromatic rings. The number of hydrogen-bond acceptors (Lipinski definition) is 5. The van der Waals surface area contributed by atoms with Crippen LogP contribution in [-0.4, -0.2) is 31.0 Å². The molecule has 0 heterocycles. The first-order chi connectivity index (χ1) is 23.8. The zero-order chi connectivity index (χ0) is 32.8. The van der Waals surface area contributed by atoms with Crippen LogP contribution in [0.3, 0.4) is 0 Å². The van der Waals surface area contributed by atoms with Crippen molar-refractivity contribution in [3.8, 4) is 5.75 Å². The molecule has 5 heteroatoms. The molecule has 0 spiro atoms. The standard InChI is InChI=1S/C43H44O5/c1-2-37-25-15-16-26-39(37)48-40-27-38(32-44-28-33-17-7-3-8-18-33)41(45-29-34-19-9-4-10-20-34)43(47-31-36-23-13-6-14-24-36)42(40)46-30-35-21-11-5-12-22-35/h3-27,40-43H,2,28-32H2,1H3/t40-,41-,42+,43+/m1/s1. The predicted octanol–water partition coefficient (Wildman–Crippen LogP) is 8.91. The Morgan fingerprint density at radius 1 is 0.458 bits per heavy atom. The third kappa shape index (κ3) is 9.30. The number of ether oxygens (including phenoxy) is 5. The van der Waals surface area contributed by atoms with Crippen LogP contribution < -0.4 is 4.74 Å². The lowest BCUT2D eigenvalue weighted by Crippen LogP contribution is -2.54. The minimum absolute atomic E-state index is 0.361. The Hall–Kier alpha value is -4.52. The van der Waals surface area contributed by atoms with Crippen LogP contribution in [-0.2, 0) is 51.8 Å². The van der Waals surface area contributed by atoms with Crippen molar-refractivity contribution in [3.05, 3.63) is 185 Å². The lowest BCUT2D eigenvalue weighted by Gasteiger charge is -2.42. The number of benzene rings is 5. The first kappa shape index (κ1) is 33.4. The van der Waals surface area contributed by atoms with Gasteiger partial charge in [-0.3, -0.25) is 0 Å². The number of para-hydroxylation sites is 1. The summed E-state index contributed by atoms with van der Waals surface area (Å²) in [4.78, 5) is 0. The minimum Gasteiger partial charge on any atom is -0.483 e. The highest BCUT2D eigenvalue weighted by Crippen LogP contribution is 2.33. The summed E-state index contributed by atoms with van der Waals surface area (Å²) in [6.45, 7) is 4.22. The maximum Gasteiger partial charge on any atom is 0.146 e. The molecule has 0 radical (unpaired) electrons. The van der Waals surface area contributed by atoms with E-state index in [1.165, 1.54) is 0 Å². The lowest BCUT2D eigenvalue weighted by molar-refractivity contribution is -0.169. The van der Waals surface area contributed by atoms with Gasteiger partial charge in [0.25, 0.3) is 0 Å². The van der Waals surface area contributed by atoms with Crippen LogP contribution in [0.5, 0.6) is 5.75 Å². The summed E-state index contributed by atoms with van der Waals surface area (Å²) in [5.41, 5.74) is 6.46. The molecule has 5 nitrogen and oxygen atoms in total. The number of rotatable bonds is 16. The second kappa shape index (κ2) is 17.6. The van der Waals surface area contributed by atoms with Gasteiger partial charge in [0.1, 0.15) is 30.2 Å². The molecular formula is C43H44O5. The zero-order valence-electron chi connectivity index (χ0n) is 27.5. The van der Waals surface area contributed by atoms with Crippen LogP contribution in [0.2, 0.25) is 0 Å². The van der Waals surface area contributed by atoms with Crippen molar-refractivity contribution < 1.29 is 23.7 Å². The second-order valence-electron chi connectivity index (χ2n) is 12.0. The Morgan fingerprint density at radius 2 is 0.917 bits per heavy atom. The van der Waals surface area contributed by atoms with Crippen molar-refractivity contribution in [3.63, 3.8) is 0 Å². The van der Waals surface area contributed by atoms with Gasteiger partial charge in [-0.2, -0.15) is 0 Å². The fourth-order valence-electron chi connectivity index (χ4n) is 5.99. The minimum atomic E-state index is -0.489. The summed E-state index contributed by atoms with van der Waals surface area (Å²) in [6.07, 6.45) is 1.15. The maximum absolute atomic E-state index is 6.87. The molecular weight excluding hydrogens is 596 g/mol. The van der Waals surface area contributed by atoms with Gasteiger partial charge in [-0.1, -0.05) is 146 Å². The molecule has 0 saturated carbocycles. The molecule has 1 aliphatic rings. The molecule has 0 fully saturated rings. The highest BCUT2D eigenvalue weighted by Gasteiger charge is 2.44. The van der Waals surface area contributed by atoms with Gasteiger partial charge in [-0.15, -0.1) is 0 Å². The van der Waals surface area contributed by atoms with Crippen LogP contribution >= 0.6 is 0 Å². The molecule has 0 aromatic heterocycles.